The number of carbonyl (C=O) groups is 1. The molecule has 0 saturated carbocycles. The molecule has 0 saturated heterocycles. The summed E-state index contributed by atoms with van der Waals surface area (Å²) in [4.78, 5) is 19.7. The van der Waals surface area contributed by atoms with E-state index in [1.165, 1.54) is 21.6 Å². The van der Waals surface area contributed by atoms with E-state index in [0.29, 0.717) is 11.5 Å². The second-order valence-corrected chi connectivity index (χ2v) is 8.47. The molecule has 3 rings (SSSR count). The van der Waals surface area contributed by atoms with Crippen LogP contribution in [-0.2, 0) is 13.1 Å². The minimum atomic E-state index is -0.0569. The van der Waals surface area contributed by atoms with Crippen molar-refractivity contribution in [1.82, 2.24) is 15.2 Å². The van der Waals surface area contributed by atoms with Gasteiger partial charge in [0.2, 0.25) is 0 Å². The first kappa shape index (κ1) is 20.2. The van der Waals surface area contributed by atoms with Gasteiger partial charge in [-0.15, -0.1) is 11.3 Å². The molecule has 1 aromatic heterocycles. The van der Waals surface area contributed by atoms with E-state index in [1.807, 2.05) is 30.5 Å². The predicted octanol–water partition coefficient (Wildman–Crippen LogP) is 4.93. The van der Waals surface area contributed by atoms with Crippen LogP contribution in [0, 0.1) is 0 Å². The molecule has 0 unspecified atom stereocenters. The summed E-state index contributed by atoms with van der Waals surface area (Å²) in [5.41, 5.74) is 4.39. The summed E-state index contributed by atoms with van der Waals surface area (Å²) in [6, 6.07) is 16.5. The average molecular weight is 394 g/mol. The van der Waals surface area contributed by atoms with Crippen molar-refractivity contribution in [3.05, 3.63) is 76.3 Å². The second kappa shape index (κ2) is 9.13. The highest BCUT2D eigenvalue weighted by Gasteiger charge is 2.09. The molecule has 0 spiro atoms. The second-order valence-electron chi connectivity index (χ2n) is 7.36. The summed E-state index contributed by atoms with van der Waals surface area (Å²) in [6.07, 6.45) is 1.97. The summed E-state index contributed by atoms with van der Waals surface area (Å²) in [5.74, 6) is 0.485. The average Bonchev–Trinajstić information content (AvgIpc) is 3.16. The normalized spacial score (nSPS) is 11.2. The molecule has 0 aliphatic rings. The third-order valence-corrected chi connectivity index (χ3v) is 5.73. The van der Waals surface area contributed by atoms with Crippen LogP contribution in [0.15, 0.2) is 54.7 Å². The van der Waals surface area contributed by atoms with E-state index >= 15 is 0 Å². The van der Waals surface area contributed by atoms with Crippen LogP contribution >= 0.6 is 11.3 Å². The van der Waals surface area contributed by atoms with Gasteiger partial charge in [-0.1, -0.05) is 50.2 Å². The van der Waals surface area contributed by atoms with Crippen LogP contribution in [0.25, 0.3) is 10.6 Å². The zero-order chi connectivity index (χ0) is 20.1. The molecular weight excluding hydrogens is 366 g/mol. The van der Waals surface area contributed by atoms with E-state index in [9.17, 15) is 4.79 Å². The Hall–Kier alpha value is -2.50. The van der Waals surface area contributed by atoms with Crippen molar-refractivity contribution < 1.29 is 4.79 Å². The Labute approximate surface area is 171 Å². The first-order valence-electron chi connectivity index (χ1n) is 9.51. The van der Waals surface area contributed by atoms with Gasteiger partial charge >= 0.3 is 0 Å². The van der Waals surface area contributed by atoms with Crippen molar-refractivity contribution in [2.45, 2.75) is 32.9 Å². The van der Waals surface area contributed by atoms with Crippen LogP contribution in [0.4, 0.5) is 0 Å². The third kappa shape index (κ3) is 5.06. The molecule has 0 fully saturated rings. The number of aromatic nitrogens is 1. The lowest BCUT2D eigenvalue weighted by molar-refractivity contribution is 0.0963. The summed E-state index contributed by atoms with van der Waals surface area (Å²) in [6.45, 7) is 6.08. The monoisotopic (exact) mass is 393 g/mol. The van der Waals surface area contributed by atoms with Gasteiger partial charge in [-0.25, -0.2) is 4.98 Å². The molecule has 1 N–H and O–H groups in total. The lowest BCUT2D eigenvalue weighted by atomic mass is 10.0. The van der Waals surface area contributed by atoms with Crippen LogP contribution in [0.1, 0.15) is 46.1 Å². The van der Waals surface area contributed by atoms with Crippen LogP contribution < -0.4 is 5.32 Å². The molecule has 0 aliphatic carbocycles. The van der Waals surface area contributed by atoms with Gasteiger partial charge < -0.3 is 5.32 Å². The lowest BCUT2D eigenvalue weighted by Crippen LogP contribution is -2.18. The standard InChI is InChI=1S/C23H27N3OS/c1-16(2)18-9-11-20(12-10-18)23-25-13-21(28-23)15-26(4)14-17-5-7-19(8-6-17)22(27)24-3/h5-13,16H,14-15H2,1-4H3,(H,24,27). The molecule has 0 aliphatic heterocycles. The quantitative estimate of drug-likeness (QED) is 0.619. The Bertz CT molecular complexity index is 914. The Morgan fingerprint density at radius 1 is 1.07 bits per heavy atom. The number of benzene rings is 2. The van der Waals surface area contributed by atoms with E-state index < -0.39 is 0 Å². The van der Waals surface area contributed by atoms with E-state index in [-0.39, 0.29) is 5.91 Å². The van der Waals surface area contributed by atoms with Gasteiger partial charge in [0.25, 0.3) is 5.91 Å². The van der Waals surface area contributed by atoms with Crippen molar-refractivity contribution in [3.63, 3.8) is 0 Å². The number of hydrogen-bond donors (Lipinski definition) is 1. The number of thiazole rings is 1. The Morgan fingerprint density at radius 2 is 1.75 bits per heavy atom. The molecule has 5 heteroatoms. The topological polar surface area (TPSA) is 45.2 Å². The maximum absolute atomic E-state index is 11.6. The van der Waals surface area contributed by atoms with Crippen molar-refractivity contribution in [1.29, 1.82) is 0 Å². The highest BCUT2D eigenvalue weighted by molar-refractivity contribution is 7.15. The zero-order valence-electron chi connectivity index (χ0n) is 16.9. The fourth-order valence-electron chi connectivity index (χ4n) is 3.06. The highest BCUT2D eigenvalue weighted by atomic mass is 32.1. The molecule has 3 aromatic rings. The van der Waals surface area contributed by atoms with Gasteiger partial charge in [0.05, 0.1) is 0 Å². The third-order valence-electron chi connectivity index (χ3n) is 4.70. The maximum atomic E-state index is 11.6. The molecule has 1 amide bonds. The number of amides is 1. The van der Waals surface area contributed by atoms with Gasteiger partial charge in [-0.3, -0.25) is 9.69 Å². The first-order valence-corrected chi connectivity index (χ1v) is 10.3. The minimum absolute atomic E-state index is 0.0569. The lowest BCUT2D eigenvalue weighted by Gasteiger charge is -2.15. The molecule has 146 valence electrons. The Morgan fingerprint density at radius 3 is 2.36 bits per heavy atom. The summed E-state index contributed by atoms with van der Waals surface area (Å²) in [5, 5.41) is 3.71. The van der Waals surface area contributed by atoms with Gasteiger partial charge in [-0.2, -0.15) is 0 Å². The maximum Gasteiger partial charge on any atom is 0.251 e. The summed E-state index contributed by atoms with van der Waals surface area (Å²) < 4.78 is 0. The van der Waals surface area contributed by atoms with Crippen molar-refractivity contribution in [3.8, 4) is 10.6 Å². The highest BCUT2D eigenvalue weighted by Crippen LogP contribution is 2.27. The number of hydrogen-bond acceptors (Lipinski definition) is 4. The van der Waals surface area contributed by atoms with Gasteiger partial charge in [-0.05, 0) is 36.2 Å². The van der Waals surface area contributed by atoms with E-state index in [1.54, 1.807) is 18.4 Å². The Balaban J connectivity index is 1.60. The van der Waals surface area contributed by atoms with Gasteiger partial charge in [0.1, 0.15) is 5.01 Å². The molecule has 28 heavy (non-hydrogen) atoms. The SMILES string of the molecule is CNC(=O)c1ccc(CN(C)Cc2cnc(-c3ccc(C(C)C)cc3)s2)cc1. The predicted molar refractivity (Wildman–Crippen MR) is 117 cm³/mol. The smallest absolute Gasteiger partial charge is 0.251 e. The van der Waals surface area contributed by atoms with Crippen LogP contribution in [0.2, 0.25) is 0 Å². The number of nitrogens with one attached hydrogen (secondary N) is 1. The summed E-state index contributed by atoms with van der Waals surface area (Å²) in [7, 11) is 3.75. The van der Waals surface area contributed by atoms with E-state index in [4.69, 9.17) is 0 Å². The molecule has 0 atom stereocenters. The van der Waals surface area contributed by atoms with Crippen molar-refractivity contribution in [2.24, 2.45) is 0 Å². The van der Waals surface area contributed by atoms with Crippen molar-refractivity contribution in [2.75, 3.05) is 14.1 Å². The van der Waals surface area contributed by atoms with Gasteiger partial charge in [0.15, 0.2) is 0 Å². The zero-order valence-corrected chi connectivity index (χ0v) is 17.7. The molecule has 2 aromatic carbocycles. The largest absolute Gasteiger partial charge is 0.355 e. The Kier molecular flexibility index (Phi) is 6.60. The number of nitrogens with zero attached hydrogens (tertiary/aromatic N) is 2. The fourth-order valence-corrected chi connectivity index (χ4v) is 4.06. The summed E-state index contributed by atoms with van der Waals surface area (Å²) >= 11 is 1.74. The molecule has 0 radical (unpaired) electrons. The number of rotatable bonds is 7. The van der Waals surface area contributed by atoms with Crippen LogP contribution in [0.5, 0.6) is 0 Å². The van der Waals surface area contributed by atoms with E-state index in [2.05, 4.69) is 60.4 Å². The number of carbonyl (C=O) groups excluding carboxylic acids is 1. The van der Waals surface area contributed by atoms with E-state index in [0.717, 1.165) is 18.1 Å². The van der Waals surface area contributed by atoms with Crippen LogP contribution in [0.3, 0.4) is 0 Å². The minimum Gasteiger partial charge on any atom is -0.355 e. The molecular formula is C23H27N3OS. The van der Waals surface area contributed by atoms with Crippen molar-refractivity contribution >= 4 is 17.2 Å². The molecule has 0 bridgehead atoms. The molecule has 1 heterocycles. The van der Waals surface area contributed by atoms with Crippen LogP contribution in [-0.4, -0.2) is 29.9 Å². The fraction of sp³-hybridized carbons (Fsp3) is 0.304. The molecule has 4 nitrogen and oxygen atoms in total. The van der Waals surface area contributed by atoms with Gasteiger partial charge in [0, 0.05) is 42.3 Å². The first-order chi connectivity index (χ1) is 13.5.